The van der Waals surface area contributed by atoms with Crippen LogP contribution in [0.4, 0.5) is 5.69 Å². The molecule has 6 nitrogen and oxygen atoms in total. The lowest BCUT2D eigenvalue weighted by atomic mass is 10.1. The Balaban J connectivity index is 2.59. The Hall–Kier alpha value is -2.24. The summed E-state index contributed by atoms with van der Waals surface area (Å²) in [5.41, 5.74) is 6.81. The van der Waals surface area contributed by atoms with Gasteiger partial charge in [-0.1, -0.05) is 13.8 Å². The monoisotopic (exact) mass is 293 g/mol. The molecule has 21 heavy (non-hydrogen) atoms. The Labute approximate surface area is 125 Å². The van der Waals surface area contributed by atoms with Crippen molar-refractivity contribution in [2.45, 2.75) is 20.8 Å². The van der Waals surface area contributed by atoms with Crippen LogP contribution >= 0.6 is 0 Å². The van der Waals surface area contributed by atoms with E-state index in [1.165, 1.54) is 6.92 Å². The second-order valence-electron chi connectivity index (χ2n) is 5.20. The van der Waals surface area contributed by atoms with E-state index in [0.717, 1.165) is 0 Å². The van der Waals surface area contributed by atoms with Crippen LogP contribution in [-0.2, 0) is 4.79 Å². The van der Waals surface area contributed by atoms with Crippen molar-refractivity contribution in [3.05, 3.63) is 23.8 Å². The lowest BCUT2D eigenvalue weighted by molar-refractivity contribution is -0.118. The molecule has 1 rings (SSSR count). The van der Waals surface area contributed by atoms with Gasteiger partial charge in [-0.05, 0) is 24.1 Å². The van der Waals surface area contributed by atoms with Crippen LogP contribution in [0, 0.1) is 5.92 Å². The van der Waals surface area contributed by atoms with E-state index in [2.05, 4.69) is 10.6 Å². The summed E-state index contributed by atoms with van der Waals surface area (Å²) >= 11 is 0. The summed E-state index contributed by atoms with van der Waals surface area (Å²) < 4.78 is 5.58. The first-order valence-electron chi connectivity index (χ1n) is 6.95. The van der Waals surface area contributed by atoms with Gasteiger partial charge in [-0.25, -0.2) is 0 Å². The van der Waals surface area contributed by atoms with Crippen molar-refractivity contribution in [1.29, 1.82) is 0 Å². The first-order valence-corrected chi connectivity index (χ1v) is 6.95. The topological polar surface area (TPSA) is 93.5 Å². The van der Waals surface area contributed by atoms with Gasteiger partial charge in [0.1, 0.15) is 5.75 Å². The average Bonchev–Trinajstić information content (AvgIpc) is 2.42. The van der Waals surface area contributed by atoms with Gasteiger partial charge in [0.2, 0.25) is 5.91 Å². The molecule has 0 heterocycles. The van der Waals surface area contributed by atoms with Gasteiger partial charge in [0.15, 0.2) is 0 Å². The standard InChI is InChI=1S/C15H23N3O3/c1-10(2)9-21-14-8-12(4-5-13(14)16)15(20)18-7-6-17-11(3)19/h4-5,8,10H,6-7,9,16H2,1-3H3,(H,17,19)(H,18,20). The third-order valence-electron chi connectivity index (χ3n) is 2.63. The number of hydrogen-bond donors (Lipinski definition) is 3. The summed E-state index contributed by atoms with van der Waals surface area (Å²) in [6.45, 7) is 6.80. The molecule has 116 valence electrons. The first-order chi connectivity index (χ1) is 9.90. The van der Waals surface area contributed by atoms with E-state index in [-0.39, 0.29) is 11.8 Å². The summed E-state index contributed by atoms with van der Waals surface area (Å²) in [4.78, 5) is 22.7. The van der Waals surface area contributed by atoms with Crippen molar-refractivity contribution in [3.63, 3.8) is 0 Å². The number of benzene rings is 1. The zero-order valence-corrected chi connectivity index (χ0v) is 12.7. The molecule has 0 aliphatic heterocycles. The normalized spacial score (nSPS) is 10.3. The Morgan fingerprint density at radius 3 is 2.52 bits per heavy atom. The Bertz CT molecular complexity index is 501. The Morgan fingerprint density at radius 1 is 1.24 bits per heavy atom. The fourth-order valence-electron chi connectivity index (χ4n) is 1.57. The molecule has 4 N–H and O–H groups in total. The van der Waals surface area contributed by atoms with Gasteiger partial charge in [0, 0.05) is 25.6 Å². The van der Waals surface area contributed by atoms with Crippen LogP contribution < -0.4 is 21.1 Å². The fraction of sp³-hybridized carbons (Fsp3) is 0.467. The largest absolute Gasteiger partial charge is 0.491 e. The quantitative estimate of drug-likeness (QED) is 0.519. The molecule has 0 atom stereocenters. The lowest BCUT2D eigenvalue weighted by Crippen LogP contribution is -2.33. The number of nitrogen functional groups attached to an aromatic ring is 1. The van der Waals surface area contributed by atoms with Gasteiger partial charge < -0.3 is 21.1 Å². The van der Waals surface area contributed by atoms with E-state index in [9.17, 15) is 9.59 Å². The highest BCUT2D eigenvalue weighted by Crippen LogP contribution is 2.23. The SMILES string of the molecule is CC(=O)NCCNC(=O)c1ccc(N)c(OCC(C)C)c1. The predicted molar refractivity (Wildman–Crippen MR) is 82.2 cm³/mol. The van der Waals surface area contributed by atoms with Gasteiger partial charge >= 0.3 is 0 Å². The highest BCUT2D eigenvalue weighted by Gasteiger charge is 2.09. The van der Waals surface area contributed by atoms with Gasteiger partial charge in [0.05, 0.1) is 12.3 Å². The molecule has 0 radical (unpaired) electrons. The molecule has 0 fully saturated rings. The third kappa shape index (κ3) is 6.16. The average molecular weight is 293 g/mol. The minimum Gasteiger partial charge on any atom is -0.491 e. The number of ether oxygens (including phenoxy) is 1. The molecular weight excluding hydrogens is 270 g/mol. The Kier molecular flexibility index (Phi) is 6.52. The Morgan fingerprint density at radius 2 is 1.90 bits per heavy atom. The van der Waals surface area contributed by atoms with E-state index in [1.807, 2.05) is 13.8 Å². The van der Waals surface area contributed by atoms with Crippen molar-refractivity contribution in [2.24, 2.45) is 5.92 Å². The van der Waals surface area contributed by atoms with Crippen molar-refractivity contribution in [2.75, 3.05) is 25.4 Å². The number of nitrogens with two attached hydrogens (primary N) is 1. The highest BCUT2D eigenvalue weighted by atomic mass is 16.5. The van der Waals surface area contributed by atoms with Gasteiger partial charge in [0.25, 0.3) is 5.91 Å². The smallest absolute Gasteiger partial charge is 0.251 e. The molecule has 0 unspecified atom stereocenters. The highest BCUT2D eigenvalue weighted by molar-refractivity contribution is 5.95. The molecule has 6 heteroatoms. The number of amides is 2. The number of carbonyl (C=O) groups excluding carboxylic acids is 2. The number of rotatable bonds is 7. The lowest BCUT2D eigenvalue weighted by Gasteiger charge is -2.12. The molecular formula is C15H23N3O3. The van der Waals surface area contributed by atoms with Crippen LogP contribution in [0.3, 0.4) is 0 Å². The second kappa shape index (κ2) is 8.14. The predicted octanol–water partition coefficient (Wildman–Crippen LogP) is 1.17. The third-order valence-corrected chi connectivity index (χ3v) is 2.63. The summed E-state index contributed by atoms with van der Waals surface area (Å²) in [6.07, 6.45) is 0. The van der Waals surface area contributed by atoms with Crippen LogP contribution in [0.25, 0.3) is 0 Å². The van der Waals surface area contributed by atoms with Crippen LogP contribution in [0.15, 0.2) is 18.2 Å². The molecule has 0 bridgehead atoms. The maximum atomic E-state index is 12.0. The van der Waals surface area contributed by atoms with Crippen molar-refractivity contribution < 1.29 is 14.3 Å². The molecule has 0 aliphatic rings. The molecule has 2 amide bonds. The van der Waals surface area contributed by atoms with E-state index in [0.29, 0.717) is 42.6 Å². The molecule has 1 aromatic rings. The number of hydrogen-bond acceptors (Lipinski definition) is 4. The van der Waals surface area contributed by atoms with Crippen molar-refractivity contribution in [3.8, 4) is 5.75 Å². The molecule has 0 aromatic heterocycles. The maximum absolute atomic E-state index is 12.0. The molecule has 0 saturated carbocycles. The number of carbonyl (C=O) groups is 2. The van der Waals surface area contributed by atoms with E-state index in [4.69, 9.17) is 10.5 Å². The van der Waals surface area contributed by atoms with Crippen LogP contribution in [0.5, 0.6) is 5.75 Å². The summed E-state index contributed by atoms with van der Waals surface area (Å²) in [5, 5.41) is 5.32. The van der Waals surface area contributed by atoms with Gasteiger partial charge in [-0.15, -0.1) is 0 Å². The minimum atomic E-state index is -0.227. The van der Waals surface area contributed by atoms with Crippen LogP contribution in [0.1, 0.15) is 31.1 Å². The number of anilines is 1. The summed E-state index contributed by atoms with van der Waals surface area (Å²) in [5.74, 6) is 0.536. The van der Waals surface area contributed by atoms with Gasteiger partial charge in [-0.3, -0.25) is 9.59 Å². The van der Waals surface area contributed by atoms with Crippen molar-refractivity contribution in [1.82, 2.24) is 10.6 Å². The second-order valence-corrected chi connectivity index (χ2v) is 5.20. The van der Waals surface area contributed by atoms with E-state index >= 15 is 0 Å². The molecule has 0 aliphatic carbocycles. The van der Waals surface area contributed by atoms with Crippen molar-refractivity contribution >= 4 is 17.5 Å². The fourth-order valence-corrected chi connectivity index (χ4v) is 1.57. The maximum Gasteiger partial charge on any atom is 0.251 e. The van der Waals surface area contributed by atoms with E-state index < -0.39 is 0 Å². The zero-order valence-electron chi connectivity index (χ0n) is 12.7. The first kappa shape index (κ1) is 16.8. The molecule has 0 spiro atoms. The molecule has 1 aromatic carbocycles. The van der Waals surface area contributed by atoms with Crippen LogP contribution in [0.2, 0.25) is 0 Å². The summed E-state index contributed by atoms with van der Waals surface area (Å²) in [7, 11) is 0. The van der Waals surface area contributed by atoms with Crippen LogP contribution in [-0.4, -0.2) is 31.5 Å². The molecule has 0 saturated heterocycles. The minimum absolute atomic E-state index is 0.124. The van der Waals surface area contributed by atoms with E-state index in [1.54, 1.807) is 18.2 Å². The van der Waals surface area contributed by atoms with Gasteiger partial charge in [-0.2, -0.15) is 0 Å². The zero-order chi connectivity index (χ0) is 15.8. The summed E-state index contributed by atoms with van der Waals surface area (Å²) in [6, 6.07) is 4.93. The number of nitrogens with one attached hydrogen (secondary N) is 2.